The number of carboxylic acids is 1. The molecule has 0 aliphatic carbocycles. The first-order chi connectivity index (χ1) is 9.92. The first kappa shape index (κ1) is 14.2. The number of carbonyl (C=O) groups is 1. The van der Waals surface area contributed by atoms with E-state index in [9.17, 15) is 19.3 Å². The second kappa shape index (κ2) is 5.42. The zero-order valence-corrected chi connectivity index (χ0v) is 10.5. The molecule has 1 aromatic heterocycles. The highest BCUT2D eigenvalue weighted by atomic mass is 19.1. The Morgan fingerprint density at radius 2 is 2.19 bits per heavy atom. The van der Waals surface area contributed by atoms with Crippen molar-refractivity contribution in [3.63, 3.8) is 0 Å². The van der Waals surface area contributed by atoms with Crippen molar-refractivity contribution in [1.29, 1.82) is 5.26 Å². The monoisotopic (exact) mass is 289 g/mol. The van der Waals surface area contributed by atoms with E-state index < -0.39 is 16.7 Å². The summed E-state index contributed by atoms with van der Waals surface area (Å²) in [5.74, 6) is -2.03. The molecule has 21 heavy (non-hydrogen) atoms. The molecule has 0 bridgehead atoms. The molecule has 1 heterocycles. The fourth-order valence-electron chi connectivity index (χ4n) is 1.83. The van der Waals surface area contributed by atoms with Crippen molar-refractivity contribution in [3.05, 3.63) is 63.2 Å². The standard InChI is InChI=1S/C13H8FN3O4/c14-11-3-8(5-15)1-2-9(11)6-16-7-10(17(20)21)4-12(16)13(18)19/h1-4,7H,6H2,(H,18,19). The van der Waals surface area contributed by atoms with Crippen molar-refractivity contribution in [2.24, 2.45) is 0 Å². The minimum atomic E-state index is -1.35. The van der Waals surface area contributed by atoms with Crippen LogP contribution in [0.25, 0.3) is 0 Å². The summed E-state index contributed by atoms with van der Waals surface area (Å²) in [5, 5.41) is 28.3. The van der Waals surface area contributed by atoms with E-state index in [0.717, 1.165) is 22.9 Å². The Kier molecular flexibility index (Phi) is 3.67. The molecule has 8 heteroatoms. The van der Waals surface area contributed by atoms with Gasteiger partial charge in [0.25, 0.3) is 5.69 Å². The maximum Gasteiger partial charge on any atom is 0.352 e. The normalized spacial score (nSPS) is 10.1. The molecule has 2 rings (SSSR count). The van der Waals surface area contributed by atoms with E-state index in [4.69, 9.17) is 10.4 Å². The smallest absolute Gasteiger partial charge is 0.352 e. The molecule has 0 saturated heterocycles. The van der Waals surface area contributed by atoms with Crippen LogP contribution in [0.5, 0.6) is 0 Å². The maximum atomic E-state index is 13.8. The fourth-order valence-corrected chi connectivity index (χ4v) is 1.83. The van der Waals surface area contributed by atoms with Crippen LogP contribution in [-0.2, 0) is 6.54 Å². The lowest BCUT2D eigenvalue weighted by Crippen LogP contribution is -2.09. The van der Waals surface area contributed by atoms with E-state index in [2.05, 4.69) is 0 Å². The lowest BCUT2D eigenvalue weighted by atomic mass is 10.1. The molecule has 0 aliphatic heterocycles. The second-order valence-electron chi connectivity index (χ2n) is 4.19. The van der Waals surface area contributed by atoms with E-state index in [1.54, 1.807) is 6.07 Å². The topological polar surface area (TPSA) is 109 Å². The Bertz CT molecular complexity index is 776. The van der Waals surface area contributed by atoms with Gasteiger partial charge in [0.2, 0.25) is 0 Å². The van der Waals surface area contributed by atoms with Gasteiger partial charge < -0.3 is 9.67 Å². The number of carboxylic acid groups (broad SMARTS) is 1. The van der Waals surface area contributed by atoms with Gasteiger partial charge in [-0.15, -0.1) is 0 Å². The van der Waals surface area contributed by atoms with Gasteiger partial charge in [-0.1, -0.05) is 6.07 Å². The molecular formula is C13H8FN3O4. The van der Waals surface area contributed by atoms with Gasteiger partial charge in [-0.05, 0) is 12.1 Å². The van der Waals surface area contributed by atoms with Crippen LogP contribution in [0.15, 0.2) is 30.5 Å². The van der Waals surface area contributed by atoms with Crippen LogP contribution < -0.4 is 0 Å². The summed E-state index contributed by atoms with van der Waals surface area (Å²) in [7, 11) is 0. The molecule has 0 fully saturated rings. The summed E-state index contributed by atoms with van der Waals surface area (Å²) in [6, 6.07) is 6.43. The first-order valence-electron chi connectivity index (χ1n) is 5.68. The number of nitriles is 1. The number of hydrogen-bond donors (Lipinski definition) is 1. The van der Waals surface area contributed by atoms with Crippen molar-refractivity contribution < 1.29 is 19.2 Å². The number of nitrogens with zero attached hydrogens (tertiary/aromatic N) is 3. The maximum absolute atomic E-state index is 13.8. The number of aromatic nitrogens is 1. The van der Waals surface area contributed by atoms with E-state index in [1.165, 1.54) is 12.1 Å². The summed E-state index contributed by atoms with van der Waals surface area (Å²) in [6.07, 6.45) is 1.03. The molecule has 7 nitrogen and oxygen atoms in total. The molecule has 0 atom stereocenters. The van der Waals surface area contributed by atoms with Crippen molar-refractivity contribution in [3.8, 4) is 6.07 Å². The van der Waals surface area contributed by atoms with E-state index >= 15 is 0 Å². The lowest BCUT2D eigenvalue weighted by Gasteiger charge is -2.07. The zero-order chi connectivity index (χ0) is 15.6. The predicted octanol–water partition coefficient (Wildman–Crippen LogP) is 2.15. The molecule has 1 aromatic carbocycles. The predicted molar refractivity (Wildman–Crippen MR) is 68.3 cm³/mol. The van der Waals surface area contributed by atoms with Crippen molar-refractivity contribution in [2.45, 2.75) is 6.54 Å². The third-order valence-electron chi connectivity index (χ3n) is 2.83. The summed E-state index contributed by atoms with van der Waals surface area (Å²) in [4.78, 5) is 21.0. The van der Waals surface area contributed by atoms with Crippen LogP contribution in [0.2, 0.25) is 0 Å². The molecule has 0 spiro atoms. The molecule has 0 unspecified atom stereocenters. The van der Waals surface area contributed by atoms with Crippen LogP contribution in [0, 0.1) is 27.3 Å². The molecule has 0 radical (unpaired) electrons. The van der Waals surface area contributed by atoms with Crippen molar-refractivity contribution in [2.75, 3.05) is 0 Å². The van der Waals surface area contributed by atoms with E-state index in [0.29, 0.717) is 0 Å². The highest BCUT2D eigenvalue weighted by Crippen LogP contribution is 2.19. The third kappa shape index (κ3) is 2.87. The van der Waals surface area contributed by atoms with Gasteiger partial charge >= 0.3 is 5.97 Å². The fraction of sp³-hybridized carbons (Fsp3) is 0.0769. The summed E-state index contributed by atoms with van der Waals surface area (Å²) < 4.78 is 14.8. The average Bonchev–Trinajstić information content (AvgIpc) is 2.85. The molecule has 106 valence electrons. The molecular weight excluding hydrogens is 281 g/mol. The van der Waals surface area contributed by atoms with Crippen LogP contribution in [0.3, 0.4) is 0 Å². The minimum Gasteiger partial charge on any atom is -0.477 e. The second-order valence-corrected chi connectivity index (χ2v) is 4.19. The largest absolute Gasteiger partial charge is 0.477 e. The van der Waals surface area contributed by atoms with Crippen LogP contribution in [0.4, 0.5) is 10.1 Å². The molecule has 1 N–H and O–H groups in total. The Labute approximate surface area is 117 Å². The number of rotatable bonds is 4. The van der Waals surface area contributed by atoms with Crippen LogP contribution in [0.1, 0.15) is 21.6 Å². The van der Waals surface area contributed by atoms with Gasteiger partial charge in [-0.25, -0.2) is 9.18 Å². The SMILES string of the molecule is N#Cc1ccc(Cn2cc([N+](=O)[O-])cc2C(=O)O)c(F)c1. The van der Waals surface area contributed by atoms with Gasteiger partial charge in [0, 0.05) is 11.6 Å². The van der Waals surface area contributed by atoms with Crippen LogP contribution >= 0.6 is 0 Å². The van der Waals surface area contributed by atoms with Gasteiger partial charge in [0.1, 0.15) is 11.5 Å². The molecule has 2 aromatic rings. The number of nitro groups is 1. The Morgan fingerprint density at radius 1 is 1.48 bits per heavy atom. The quantitative estimate of drug-likeness (QED) is 0.685. The van der Waals surface area contributed by atoms with Crippen molar-refractivity contribution >= 4 is 11.7 Å². The third-order valence-corrected chi connectivity index (χ3v) is 2.83. The Balaban J connectivity index is 2.41. The first-order valence-corrected chi connectivity index (χ1v) is 5.68. The van der Waals surface area contributed by atoms with E-state index in [1.807, 2.05) is 0 Å². The summed E-state index contributed by atoms with van der Waals surface area (Å²) in [5.41, 5.74) is -0.442. The molecule has 0 amide bonds. The zero-order valence-electron chi connectivity index (χ0n) is 10.5. The van der Waals surface area contributed by atoms with Crippen LogP contribution in [-0.4, -0.2) is 20.6 Å². The number of aromatic carboxylic acids is 1. The summed E-state index contributed by atoms with van der Waals surface area (Å²) in [6.45, 7) is -0.187. The number of halogens is 1. The number of hydrogen-bond acceptors (Lipinski definition) is 4. The van der Waals surface area contributed by atoms with E-state index in [-0.39, 0.29) is 29.1 Å². The van der Waals surface area contributed by atoms with Gasteiger partial charge in [-0.2, -0.15) is 5.26 Å². The van der Waals surface area contributed by atoms with Gasteiger partial charge in [-0.3, -0.25) is 10.1 Å². The average molecular weight is 289 g/mol. The lowest BCUT2D eigenvalue weighted by molar-refractivity contribution is -0.384. The van der Waals surface area contributed by atoms with Gasteiger partial charge in [0.05, 0.1) is 29.3 Å². The molecule has 0 aliphatic rings. The summed E-state index contributed by atoms with van der Waals surface area (Å²) >= 11 is 0. The minimum absolute atomic E-state index is 0.127. The van der Waals surface area contributed by atoms with Gasteiger partial charge in [0.15, 0.2) is 0 Å². The van der Waals surface area contributed by atoms with Crippen molar-refractivity contribution in [1.82, 2.24) is 4.57 Å². The highest BCUT2D eigenvalue weighted by Gasteiger charge is 2.19. The Hall–Kier alpha value is -3.21. The number of benzene rings is 1. The molecule has 0 saturated carbocycles. The highest BCUT2D eigenvalue weighted by molar-refractivity contribution is 5.87. The Morgan fingerprint density at radius 3 is 2.71 bits per heavy atom.